The molecule has 1 aliphatic rings. The number of aryl methyl sites for hydroxylation is 1. The fraction of sp³-hybridized carbons (Fsp3) is 0.185. The van der Waals surface area contributed by atoms with Crippen LogP contribution in [0.2, 0.25) is 0 Å². The van der Waals surface area contributed by atoms with E-state index in [0.29, 0.717) is 5.56 Å². The van der Waals surface area contributed by atoms with Crippen molar-refractivity contribution >= 4 is 28.1 Å². The van der Waals surface area contributed by atoms with Gasteiger partial charge in [0.2, 0.25) is 5.90 Å². The van der Waals surface area contributed by atoms with Gasteiger partial charge in [0.1, 0.15) is 10.6 Å². The molecule has 0 saturated carbocycles. The molecule has 0 spiro atoms. The van der Waals surface area contributed by atoms with Crippen molar-refractivity contribution in [3.63, 3.8) is 0 Å². The Morgan fingerprint density at radius 2 is 1.50 bits per heavy atom. The Hall–Kier alpha value is -3.71. The Labute approximate surface area is 199 Å². The molecule has 34 heavy (non-hydrogen) atoms. The highest BCUT2D eigenvalue weighted by molar-refractivity contribution is 7.87. The molecule has 6 nitrogen and oxygen atoms in total. The maximum atomic E-state index is 12.5. The van der Waals surface area contributed by atoms with Crippen LogP contribution in [0.25, 0.3) is 6.08 Å². The number of carbonyl (C=O) groups excluding carboxylic acids is 1. The molecule has 3 aromatic carbocycles. The smallest absolute Gasteiger partial charge is 0.363 e. The fourth-order valence-corrected chi connectivity index (χ4v) is 4.23. The molecule has 0 radical (unpaired) electrons. The Morgan fingerprint density at radius 1 is 0.882 bits per heavy atom. The van der Waals surface area contributed by atoms with Crippen LogP contribution in [0.15, 0.2) is 88.4 Å². The van der Waals surface area contributed by atoms with Crippen molar-refractivity contribution in [2.24, 2.45) is 4.99 Å². The molecule has 7 heteroatoms. The SMILES string of the molecule is Cc1ccc(S(=O)(=O)Oc2ccc(C=C3N=C(c4ccc(C(C)(C)C)cc4)OC3=O)cc2)cc1. The third-order valence-corrected chi connectivity index (χ3v) is 6.58. The predicted octanol–water partition coefficient (Wildman–Crippen LogP) is 5.40. The zero-order valence-corrected chi connectivity index (χ0v) is 20.2. The van der Waals surface area contributed by atoms with Crippen LogP contribution in [0.4, 0.5) is 0 Å². The summed E-state index contributed by atoms with van der Waals surface area (Å²) in [6, 6.07) is 20.5. The summed E-state index contributed by atoms with van der Waals surface area (Å²) in [5.74, 6) is -0.127. The number of aliphatic imine (C=N–C) groups is 1. The van der Waals surface area contributed by atoms with Crippen molar-refractivity contribution < 1.29 is 22.1 Å². The Kier molecular flexibility index (Phi) is 6.15. The van der Waals surface area contributed by atoms with Crippen LogP contribution in [-0.2, 0) is 25.1 Å². The molecule has 0 fully saturated rings. The average Bonchev–Trinajstić information content (AvgIpc) is 3.15. The molecule has 0 aromatic heterocycles. The van der Waals surface area contributed by atoms with Gasteiger partial charge in [0.05, 0.1) is 0 Å². The molecule has 0 bridgehead atoms. The summed E-state index contributed by atoms with van der Waals surface area (Å²) >= 11 is 0. The number of ether oxygens (including phenoxy) is 1. The molecule has 0 saturated heterocycles. The predicted molar refractivity (Wildman–Crippen MR) is 131 cm³/mol. The first-order chi connectivity index (χ1) is 16.0. The van der Waals surface area contributed by atoms with Gasteiger partial charge in [-0.1, -0.05) is 62.7 Å². The standard InChI is InChI=1S/C27H25NO5S/c1-18-5-15-23(16-6-18)34(30,31)33-22-13-7-19(8-14-22)17-24-26(29)32-25(28-24)20-9-11-21(12-10-20)27(2,3)4/h5-17H,1-4H3. The molecule has 1 aliphatic heterocycles. The molecular formula is C27H25NO5S. The summed E-state index contributed by atoms with van der Waals surface area (Å²) in [6.45, 7) is 8.26. The van der Waals surface area contributed by atoms with Gasteiger partial charge in [-0.05, 0) is 65.9 Å². The molecule has 3 aromatic rings. The van der Waals surface area contributed by atoms with Gasteiger partial charge in [-0.25, -0.2) is 9.79 Å². The van der Waals surface area contributed by atoms with E-state index in [-0.39, 0.29) is 27.7 Å². The Morgan fingerprint density at radius 3 is 2.09 bits per heavy atom. The lowest BCUT2D eigenvalue weighted by atomic mass is 9.87. The van der Waals surface area contributed by atoms with E-state index in [1.54, 1.807) is 30.3 Å². The molecule has 1 heterocycles. The number of carbonyl (C=O) groups is 1. The molecule has 0 N–H and O–H groups in total. The van der Waals surface area contributed by atoms with E-state index in [0.717, 1.165) is 11.1 Å². The van der Waals surface area contributed by atoms with Crippen molar-refractivity contribution in [1.82, 2.24) is 0 Å². The van der Waals surface area contributed by atoms with Gasteiger partial charge in [0.15, 0.2) is 5.70 Å². The molecular weight excluding hydrogens is 450 g/mol. The van der Waals surface area contributed by atoms with Crippen LogP contribution in [0.1, 0.15) is 43.0 Å². The number of esters is 1. The van der Waals surface area contributed by atoms with Crippen LogP contribution >= 0.6 is 0 Å². The van der Waals surface area contributed by atoms with E-state index in [2.05, 4.69) is 25.8 Å². The topological polar surface area (TPSA) is 82.0 Å². The molecule has 174 valence electrons. The second-order valence-electron chi connectivity index (χ2n) is 9.08. The van der Waals surface area contributed by atoms with E-state index in [4.69, 9.17) is 8.92 Å². The largest absolute Gasteiger partial charge is 0.402 e. The van der Waals surface area contributed by atoms with Gasteiger partial charge < -0.3 is 8.92 Å². The molecule has 0 atom stereocenters. The summed E-state index contributed by atoms with van der Waals surface area (Å²) in [5.41, 5.74) is 3.68. The minimum Gasteiger partial charge on any atom is -0.402 e. The van der Waals surface area contributed by atoms with Crippen LogP contribution < -0.4 is 4.18 Å². The number of rotatable bonds is 5. The van der Waals surface area contributed by atoms with Crippen LogP contribution in [0.5, 0.6) is 5.75 Å². The van der Waals surface area contributed by atoms with Crippen LogP contribution in [0.3, 0.4) is 0 Å². The Bertz CT molecular complexity index is 1380. The maximum absolute atomic E-state index is 12.5. The third-order valence-electron chi connectivity index (χ3n) is 5.32. The van der Waals surface area contributed by atoms with Crippen molar-refractivity contribution in [3.8, 4) is 5.75 Å². The second kappa shape index (κ2) is 8.91. The summed E-state index contributed by atoms with van der Waals surface area (Å²) in [4.78, 5) is 16.7. The molecule has 4 rings (SSSR count). The average molecular weight is 476 g/mol. The van der Waals surface area contributed by atoms with Gasteiger partial charge in [0, 0.05) is 5.56 Å². The normalized spacial score (nSPS) is 15.2. The van der Waals surface area contributed by atoms with Gasteiger partial charge in [-0.3, -0.25) is 0 Å². The first-order valence-corrected chi connectivity index (χ1v) is 12.2. The maximum Gasteiger partial charge on any atom is 0.363 e. The summed E-state index contributed by atoms with van der Waals surface area (Å²) in [6.07, 6.45) is 1.58. The number of nitrogens with zero attached hydrogens (tertiary/aromatic N) is 1. The monoisotopic (exact) mass is 475 g/mol. The summed E-state index contributed by atoms with van der Waals surface area (Å²) < 4.78 is 35.5. The zero-order valence-electron chi connectivity index (χ0n) is 19.4. The minimum atomic E-state index is -3.94. The fourth-order valence-electron chi connectivity index (χ4n) is 3.30. The minimum absolute atomic E-state index is 0.0209. The number of cyclic esters (lactones) is 1. The highest BCUT2D eigenvalue weighted by Crippen LogP contribution is 2.25. The van der Waals surface area contributed by atoms with E-state index >= 15 is 0 Å². The molecule has 0 amide bonds. The number of hydrogen-bond donors (Lipinski definition) is 0. The first kappa shape index (κ1) is 23.4. The van der Waals surface area contributed by atoms with E-state index < -0.39 is 16.1 Å². The lowest BCUT2D eigenvalue weighted by Crippen LogP contribution is -2.11. The van der Waals surface area contributed by atoms with Crippen molar-refractivity contribution in [1.29, 1.82) is 0 Å². The number of hydrogen-bond acceptors (Lipinski definition) is 6. The van der Waals surface area contributed by atoms with Gasteiger partial charge >= 0.3 is 16.1 Å². The van der Waals surface area contributed by atoms with Crippen molar-refractivity contribution in [2.75, 3.05) is 0 Å². The van der Waals surface area contributed by atoms with Crippen molar-refractivity contribution in [2.45, 2.75) is 38.0 Å². The second-order valence-corrected chi connectivity index (χ2v) is 10.6. The first-order valence-electron chi connectivity index (χ1n) is 10.8. The summed E-state index contributed by atoms with van der Waals surface area (Å²) in [5, 5.41) is 0. The highest BCUT2D eigenvalue weighted by atomic mass is 32.2. The van der Waals surface area contributed by atoms with Gasteiger partial charge in [-0.15, -0.1) is 0 Å². The van der Waals surface area contributed by atoms with Gasteiger partial charge in [0.25, 0.3) is 0 Å². The Balaban J connectivity index is 1.50. The van der Waals surface area contributed by atoms with E-state index in [9.17, 15) is 13.2 Å². The lowest BCUT2D eigenvalue weighted by Gasteiger charge is -2.18. The third kappa shape index (κ3) is 5.26. The van der Waals surface area contributed by atoms with Gasteiger partial charge in [-0.2, -0.15) is 8.42 Å². The number of benzene rings is 3. The summed E-state index contributed by atoms with van der Waals surface area (Å²) in [7, 11) is -3.94. The molecule has 0 unspecified atom stereocenters. The lowest BCUT2D eigenvalue weighted by molar-refractivity contribution is -0.129. The highest BCUT2D eigenvalue weighted by Gasteiger charge is 2.25. The van der Waals surface area contributed by atoms with Crippen molar-refractivity contribution in [3.05, 3.63) is 101 Å². The van der Waals surface area contributed by atoms with E-state index in [1.807, 2.05) is 31.2 Å². The van der Waals surface area contributed by atoms with Crippen LogP contribution in [0, 0.1) is 6.92 Å². The molecule has 0 aliphatic carbocycles. The van der Waals surface area contributed by atoms with Crippen LogP contribution in [-0.4, -0.2) is 20.3 Å². The zero-order chi connectivity index (χ0) is 24.5. The van der Waals surface area contributed by atoms with E-state index in [1.165, 1.54) is 29.8 Å². The quantitative estimate of drug-likeness (QED) is 0.280.